The fraction of sp³-hybridized carbons (Fsp3) is 0.579. The largest absolute Gasteiger partial charge is 0.405 e. The normalized spacial score (nSPS) is 24.8. The van der Waals surface area contributed by atoms with Crippen molar-refractivity contribution in [3.63, 3.8) is 0 Å². The predicted octanol–water partition coefficient (Wildman–Crippen LogP) is 3.17. The predicted molar refractivity (Wildman–Crippen MR) is 90.4 cm³/mol. The summed E-state index contributed by atoms with van der Waals surface area (Å²) in [7, 11) is 0. The molecule has 3 rings (SSSR count). The van der Waals surface area contributed by atoms with Crippen LogP contribution in [0.1, 0.15) is 44.6 Å². The number of carbonyl (C=O) groups excluding carboxylic acids is 2. The highest BCUT2D eigenvalue weighted by Crippen LogP contribution is 2.45. The third-order valence-corrected chi connectivity index (χ3v) is 5.79. The minimum Gasteiger partial charge on any atom is -0.345 e. The monoisotopic (exact) mass is 368 g/mol. The number of nitrogens with one attached hydrogen (secondary N) is 1. The first-order valence-corrected chi connectivity index (χ1v) is 8.92. The smallest absolute Gasteiger partial charge is 0.345 e. The molecule has 1 aliphatic heterocycles. The van der Waals surface area contributed by atoms with Gasteiger partial charge in [0.25, 0.3) is 0 Å². The zero-order chi connectivity index (χ0) is 19.0. The van der Waals surface area contributed by atoms with Gasteiger partial charge in [0.1, 0.15) is 12.1 Å². The standard InChI is InChI=1S/C19H23F3N2O2/c1-17(15(25)23-13-19(20,21)22)11-12-24(17)16(26)18(9-5-6-10-18)14-7-3-2-4-8-14/h2-4,7-8H,5-6,9-13H2,1H3,(H,23,25). The molecule has 2 fully saturated rings. The van der Waals surface area contributed by atoms with Crippen molar-refractivity contribution in [1.29, 1.82) is 0 Å². The van der Waals surface area contributed by atoms with Crippen LogP contribution in [0.3, 0.4) is 0 Å². The van der Waals surface area contributed by atoms with Crippen LogP contribution in [-0.4, -0.2) is 41.5 Å². The summed E-state index contributed by atoms with van der Waals surface area (Å²) in [6.45, 7) is 0.560. The van der Waals surface area contributed by atoms with Gasteiger partial charge in [-0.3, -0.25) is 9.59 Å². The van der Waals surface area contributed by atoms with Crippen LogP contribution in [0.5, 0.6) is 0 Å². The molecule has 0 aromatic heterocycles. The van der Waals surface area contributed by atoms with Gasteiger partial charge in [0.05, 0.1) is 5.41 Å². The molecule has 0 bridgehead atoms. The Balaban J connectivity index is 1.81. The molecule has 4 nitrogen and oxygen atoms in total. The van der Waals surface area contributed by atoms with Gasteiger partial charge in [-0.05, 0) is 31.7 Å². The average molecular weight is 368 g/mol. The minimum atomic E-state index is -4.47. The molecule has 1 atom stereocenters. The van der Waals surface area contributed by atoms with Gasteiger partial charge in [-0.1, -0.05) is 43.2 Å². The van der Waals surface area contributed by atoms with Crippen molar-refractivity contribution in [2.75, 3.05) is 13.1 Å². The van der Waals surface area contributed by atoms with Gasteiger partial charge in [-0.15, -0.1) is 0 Å². The van der Waals surface area contributed by atoms with E-state index in [9.17, 15) is 22.8 Å². The van der Waals surface area contributed by atoms with Crippen molar-refractivity contribution in [3.8, 4) is 0 Å². The first-order chi connectivity index (χ1) is 12.2. The lowest BCUT2D eigenvalue weighted by molar-refractivity contribution is -0.165. The molecule has 1 N–H and O–H groups in total. The number of likely N-dealkylation sites (tertiary alicyclic amines) is 1. The van der Waals surface area contributed by atoms with Crippen molar-refractivity contribution in [2.24, 2.45) is 0 Å². The van der Waals surface area contributed by atoms with Crippen LogP contribution < -0.4 is 5.32 Å². The van der Waals surface area contributed by atoms with E-state index in [1.807, 2.05) is 35.6 Å². The SMILES string of the molecule is CC1(C(=O)NCC(F)(F)F)CCN1C(=O)C1(c2ccccc2)CCCC1. The molecule has 2 aliphatic rings. The Morgan fingerprint density at radius 1 is 1.12 bits per heavy atom. The maximum absolute atomic E-state index is 13.4. The summed E-state index contributed by atoms with van der Waals surface area (Å²) in [5, 5.41) is 1.93. The Morgan fingerprint density at radius 3 is 2.23 bits per heavy atom. The van der Waals surface area contributed by atoms with Gasteiger partial charge in [-0.2, -0.15) is 13.2 Å². The van der Waals surface area contributed by atoms with Crippen LogP contribution in [0.2, 0.25) is 0 Å². The maximum Gasteiger partial charge on any atom is 0.405 e. The van der Waals surface area contributed by atoms with Crippen molar-refractivity contribution >= 4 is 11.8 Å². The van der Waals surface area contributed by atoms with Crippen LogP contribution in [0.25, 0.3) is 0 Å². The Hall–Kier alpha value is -2.05. The van der Waals surface area contributed by atoms with Crippen molar-refractivity contribution < 1.29 is 22.8 Å². The Bertz CT molecular complexity index is 684. The first kappa shape index (κ1) is 18.7. The second-order valence-corrected chi connectivity index (χ2v) is 7.43. The Morgan fingerprint density at radius 2 is 1.73 bits per heavy atom. The fourth-order valence-corrected chi connectivity index (χ4v) is 4.11. The van der Waals surface area contributed by atoms with Crippen LogP contribution >= 0.6 is 0 Å². The Labute approximate surface area is 150 Å². The first-order valence-electron chi connectivity index (χ1n) is 8.92. The molecule has 0 spiro atoms. The van der Waals surface area contributed by atoms with E-state index < -0.39 is 29.6 Å². The van der Waals surface area contributed by atoms with Gasteiger partial charge in [0.15, 0.2) is 0 Å². The van der Waals surface area contributed by atoms with E-state index in [4.69, 9.17) is 0 Å². The molecule has 7 heteroatoms. The molecule has 1 heterocycles. The molecule has 1 aromatic rings. The number of benzene rings is 1. The summed E-state index contributed by atoms with van der Waals surface area (Å²) in [4.78, 5) is 27.2. The maximum atomic E-state index is 13.4. The molecule has 0 radical (unpaired) electrons. The second kappa shape index (κ2) is 6.59. The average Bonchev–Trinajstić information content (AvgIpc) is 3.09. The zero-order valence-corrected chi connectivity index (χ0v) is 14.7. The van der Waals surface area contributed by atoms with Gasteiger partial charge >= 0.3 is 6.18 Å². The van der Waals surface area contributed by atoms with Crippen molar-refractivity contribution in [2.45, 2.75) is 56.2 Å². The lowest BCUT2D eigenvalue weighted by atomic mass is 9.74. The number of alkyl halides is 3. The molecule has 1 saturated carbocycles. The summed E-state index contributed by atoms with van der Waals surface area (Å²) in [5.74, 6) is -0.882. The van der Waals surface area contributed by atoms with Crippen LogP contribution in [0, 0.1) is 0 Å². The summed E-state index contributed by atoms with van der Waals surface area (Å²) in [6, 6.07) is 9.49. The van der Waals surface area contributed by atoms with Gasteiger partial charge in [-0.25, -0.2) is 0 Å². The Kier molecular flexibility index (Phi) is 4.75. The van der Waals surface area contributed by atoms with Crippen molar-refractivity contribution in [1.82, 2.24) is 10.2 Å². The summed E-state index contributed by atoms with van der Waals surface area (Å²) >= 11 is 0. The van der Waals surface area contributed by atoms with Gasteiger partial charge in [0, 0.05) is 6.54 Å². The number of halogens is 3. The van der Waals surface area contributed by atoms with Crippen LogP contribution in [0.4, 0.5) is 13.2 Å². The highest BCUT2D eigenvalue weighted by molar-refractivity contribution is 5.97. The third kappa shape index (κ3) is 3.19. The molecule has 1 aromatic carbocycles. The van der Waals surface area contributed by atoms with E-state index in [1.54, 1.807) is 6.92 Å². The molecule has 1 unspecified atom stereocenters. The summed E-state index contributed by atoms with van der Waals surface area (Å²) in [6.07, 6.45) is -0.856. The third-order valence-electron chi connectivity index (χ3n) is 5.79. The van der Waals surface area contributed by atoms with E-state index >= 15 is 0 Å². The van der Waals surface area contributed by atoms with E-state index in [0.29, 0.717) is 25.8 Å². The summed E-state index contributed by atoms with van der Waals surface area (Å²) < 4.78 is 37.2. The molecule has 142 valence electrons. The highest BCUT2D eigenvalue weighted by atomic mass is 19.4. The molecule has 26 heavy (non-hydrogen) atoms. The molecule has 1 saturated heterocycles. The number of rotatable bonds is 4. The quantitative estimate of drug-likeness (QED) is 0.888. The number of nitrogens with zero attached hydrogens (tertiary/aromatic N) is 1. The van der Waals surface area contributed by atoms with Crippen molar-refractivity contribution in [3.05, 3.63) is 35.9 Å². The lowest BCUT2D eigenvalue weighted by Crippen LogP contribution is -2.70. The highest BCUT2D eigenvalue weighted by Gasteiger charge is 2.55. The van der Waals surface area contributed by atoms with Crippen LogP contribution in [0.15, 0.2) is 30.3 Å². The minimum absolute atomic E-state index is 0.142. The second-order valence-electron chi connectivity index (χ2n) is 7.43. The molecule has 1 aliphatic carbocycles. The zero-order valence-electron chi connectivity index (χ0n) is 14.7. The lowest BCUT2D eigenvalue weighted by Gasteiger charge is -2.52. The number of hydrogen-bond acceptors (Lipinski definition) is 2. The van der Waals surface area contributed by atoms with Gasteiger partial charge in [0.2, 0.25) is 11.8 Å². The number of hydrogen-bond donors (Lipinski definition) is 1. The van der Waals surface area contributed by atoms with Gasteiger partial charge < -0.3 is 10.2 Å². The molecular weight excluding hydrogens is 345 g/mol. The topological polar surface area (TPSA) is 49.4 Å². The number of carbonyl (C=O) groups is 2. The number of amides is 2. The van der Waals surface area contributed by atoms with E-state index in [1.165, 1.54) is 4.90 Å². The fourth-order valence-electron chi connectivity index (χ4n) is 4.11. The van der Waals surface area contributed by atoms with E-state index in [-0.39, 0.29) is 5.91 Å². The summed E-state index contributed by atoms with van der Waals surface area (Å²) in [5.41, 5.74) is -0.965. The van der Waals surface area contributed by atoms with Crippen LogP contribution in [-0.2, 0) is 15.0 Å². The molecule has 2 amide bonds. The van der Waals surface area contributed by atoms with E-state index in [2.05, 4.69) is 0 Å². The van der Waals surface area contributed by atoms with E-state index in [0.717, 1.165) is 18.4 Å². The molecular formula is C19H23F3N2O2.